The predicted octanol–water partition coefficient (Wildman–Crippen LogP) is 4.37. The van der Waals surface area contributed by atoms with E-state index in [0.717, 1.165) is 20.5 Å². The summed E-state index contributed by atoms with van der Waals surface area (Å²) in [6.07, 6.45) is 5.82. The average molecular weight is 256 g/mol. The first-order chi connectivity index (χ1) is 8.65. The summed E-state index contributed by atoms with van der Waals surface area (Å²) in [6, 6.07) is 8.01. The van der Waals surface area contributed by atoms with Crippen LogP contribution in [-0.4, -0.2) is 5.71 Å². The van der Waals surface area contributed by atoms with Crippen molar-refractivity contribution >= 4 is 32.8 Å². The number of anilines is 1. The second-order valence-corrected chi connectivity index (χ2v) is 5.14. The van der Waals surface area contributed by atoms with Gasteiger partial charge in [-0.25, -0.2) is 0 Å². The van der Waals surface area contributed by atoms with Crippen molar-refractivity contribution in [1.29, 1.82) is 5.41 Å². The van der Waals surface area contributed by atoms with Gasteiger partial charge in [-0.05, 0) is 25.5 Å². The van der Waals surface area contributed by atoms with Crippen molar-refractivity contribution in [3.05, 3.63) is 52.9 Å². The van der Waals surface area contributed by atoms with Crippen LogP contribution in [0.1, 0.15) is 18.7 Å². The Morgan fingerprint density at radius 3 is 2.72 bits per heavy atom. The van der Waals surface area contributed by atoms with Crippen LogP contribution in [0, 0.1) is 5.41 Å². The minimum Gasteiger partial charge on any atom is -0.397 e. The van der Waals surface area contributed by atoms with Gasteiger partial charge in [0.25, 0.3) is 0 Å². The van der Waals surface area contributed by atoms with Gasteiger partial charge in [0.15, 0.2) is 0 Å². The lowest BCUT2D eigenvalue weighted by molar-refractivity contribution is 1.45. The number of nitrogen functional groups attached to an aromatic ring is 1. The summed E-state index contributed by atoms with van der Waals surface area (Å²) in [4.78, 5) is 0.856. The first-order valence-corrected chi connectivity index (χ1v) is 6.62. The monoisotopic (exact) mass is 256 g/mol. The second kappa shape index (κ2) is 5.19. The first-order valence-electron chi connectivity index (χ1n) is 5.81. The van der Waals surface area contributed by atoms with Gasteiger partial charge in [-0.3, -0.25) is 5.41 Å². The largest absolute Gasteiger partial charge is 0.397 e. The highest BCUT2D eigenvalue weighted by Gasteiger charge is 2.13. The molecule has 92 valence electrons. The highest BCUT2D eigenvalue weighted by molar-refractivity contribution is 7.21. The Labute approximate surface area is 111 Å². The number of fused-ring (bicyclic) bond motifs is 1. The summed E-state index contributed by atoms with van der Waals surface area (Å²) in [6.45, 7) is 3.90. The van der Waals surface area contributed by atoms with Crippen molar-refractivity contribution in [3.8, 4) is 0 Å². The van der Waals surface area contributed by atoms with Crippen molar-refractivity contribution in [3.63, 3.8) is 0 Å². The number of hydrogen-bond acceptors (Lipinski definition) is 3. The zero-order valence-electron chi connectivity index (χ0n) is 10.5. The Morgan fingerprint density at radius 1 is 1.33 bits per heavy atom. The molecule has 0 saturated heterocycles. The molecule has 18 heavy (non-hydrogen) atoms. The van der Waals surface area contributed by atoms with Gasteiger partial charge >= 0.3 is 0 Å². The van der Waals surface area contributed by atoms with Gasteiger partial charge in [-0.15, -0.1) is 11.3 Å². The van der Waals surface area contributed by atoms with Crippen molar-refractivity contribution in [2.24, 2.45) is 0 Å². The molecule has 2 rings (SSSR count). The van der Waals surface area contributed by atoms with Crippen LogP contribution in [-0.2, 0) is 0 Å². The first kappa shape index (κ1) is 12.6. The molecule has 0 spiro atoms. The van der Waals surface area contributed by atoms with Crippen LogP contribution in [0.4, 0.5) is 5.69 Å². The molecule has 1 aromatic carbocycles. The Bertz CT molecular complexity index is 648. The molecule has 3 heteroatoms. The van der Waals surface area contributed by atoms with E-state index in [4.69, 9.17) is 11.1 Å². The molecule has 1 aromatic heterocycles. The lowest BCUT2D eigenvalue weighted by Gasteiger charge is -2.02. The van der Waals surface area contributed by atoms with Crippen LogP contribution in [0.3, 0.4) is 0 Å². The number of nitrogens with one attached hydrogen (secondary N) is 1. The van der Waals surface area contributed by atoms with Gasteiger partial charge < -0.3 is 5.73 Å². The summed E-state index contributed by atoms with van der Waals surface area (Å²) < 4.78 is 1.13. The van der Waals surface area contributed by atoms with Crippen LogP contribution in [0.5, 0.6) is 0 Å². The number of rotatable bonds is 3. The quantitative estimate of drug-likeness (QED) is 0.621. The third-order valence-electron chi connectivity index (χ3n) is 2.79. The van der Waals surface area contributed by atoms with Crippen LogP contribution in [0.25, 0.3) is 10.1 Å². The fourth-order valence-electron chi connectivity index (χ4n) is 1.75. The van der Waals surface area contributed by atoms with Crippen molar-refractivity contribution in [2.45, 2.75) is 13.8 Å². The number of allylic oxidation sites excluding steroid dienone is 4. The van der Waals surface area contributed by atoms with E-state index in [1.807, 2.05) is 56.3 Å². The number of hydrogen-bond donors (Lipinski definition) is 2. The summed E-state index contributed by atoms with van der Waals surface area (Å²) >= 11 is 1.58. The Balaban J connectivity index is 2.48. The van der Waals surface area contributed by atoms with Gasteiger partial charge in [0.05, 0.1) is 16.3 Å². The van der Waals surface area contributed by atoms with Crippen LogP contribution < -0.4 is 5.73 Å². The topological polar surface area (TPSA) is 49.9 Å². The van der Waals surface area contributed by atoms with Crippen LogP contribution in [0.15, 0.2) is 48.1 Å². The molecule has 2 aromatic rings. The maximum absolute atomic E-state index is 8.22. The fourth-order valence-corrected chi connectivity index (χ4v) is 2.89. The van der Waals surface area contributed by atoms with E-state index >= 15 is 0 Å². The SMILES string of the molecule is CC=C/C=C(\C)C(=N)c1sc2ccccc2c1N. The summed E-state index contributed by atoms with van der Waals surface area (Å²) in [5.74, 6) is 0. The zero-order valence-corrected chi connectivity index (χ0v) is 11.3. The maximum atomic E-state index is 8.22. The smallest absolute Gasteiger partial charge is 0.0764 e. The van der Waals surface area contributed by atoms with E-state index < -0.39 is 0 Å². The third kappa shape index (κ3) is 2.22. The van der Waals surface area contributed by atoms with E-state index in [0.29, 0.717) is 11.4 Å². The van der Waals surface area contributed by atoms with Gasteiger partial charge in [0.2, 0.25) is 0 Å². The standard InChI is InChI=1S/C15H16N2S/c1-3-4-7-10(2)13(16)15-14(17)11-8-5-6-9-12(11)18-15/h3-9,16H,17H2,1-2H3/b4-3?,10-7+,16-13?. The maximum Gasteiger partial charge on any atom is 0.0764 e. The average Bonchev–Trinajstić information content (AvgIpc) is 2.73. The molecule has 0 bridgehead atoms. The predicted molar refractivity (Wildman–Crippen MR) is 81.6 cm³/mol. The van der Waals surface area contributed by atoms with Crippen LogP contribution in [0.2, 0.25) is 0 Å². The molecule has 0 radical (unpaired) electrons. The lowest BCUT2D eigenvalue weighted by atomic mass is 10.1. The number of thiophene rings is 1. The molecule has 0 aliphatic heterocycles. The second-order valence-electron chi connectivity index (χ2n) is 4.09. The minimum atomic E-state index is 0.506. The molecule has 0 fully saturated rings. The molecule has 0 aliphatic rings. The Hall–Kier alpha value is -1.87. The van der Waals surface area contributed by atoms with Gasteiger partial charge in [0.1, 0.15) is 0 Å². The molecular weight excluding hydrogens is 240 g/mol. The van der Waals surface area contributed by atoms with E-state index in [2.05, 4.69) is 0 Å². The third-order valence-corrected chi connectivity index (χ3v) is 4.00. The lowest BCUT2D eigenvalue weighted by Crippen LogP contribution is -2.01. The molecule has 0 atom stereocenters. The molecule has 0 aliphatic carbocycles. The normalized spacial score (nSPS) is 12.4. The molecule has 0 saturated carbocycles. The Kier molecular flexibility index (Phi) is 3.63. The number of nitrogens with two attached hydrogens (primary N) is 1. The molecule has 2 nitrogen and oxygen atoms in total. The molecule has 1 heterocycles. The molecule has 0 unspecified atom stereocenters. The molecule has 0 amide bonds. The van der Waals surface area contributed by atoms with Gasteiger partial charge in [-0.1, -0.05) is 36.4 Å². The van der Waals surface area contributed by atoms with E-state index in [-0.39, 0.29) is 0 Å². The van der Waals surface area contributed by atoms with Gasteiger partial charge in [-0.2, -0.15) is 0 Å². The molecular formula is C15H16N2S. The fraction of sp³-hybridized carbons (Fsp3) is 0.133. The van der Waals surface area contributed by atoms with E-state index in [1.165, 1.54) is 0 Å². The van der Waals surface area contributed by atoms with Gasteiger partial charge in [0, 0.05) is 10.1 Å². The van der Waals surface area contributed by atoms with Crippen molar-refractivity contribution in [2.75, 3.05) is 5.73 Å². The summed E-state index contributed by atoms with van der Waals surface area (Å²) in [5, 5.41) is 9.26. The molecule has 3 N–H and O–H groups in total. The summed E-state index contributed by atoms with van der Waals surface area (Å²) in [5.41, 5.74) is 8.28. The van der Waals surface area contributed by atoms with Crippen molar-refractivity contribution in [1.82, 2.24) is 0 Å². The van der Waals surface area contributed by atoms with E-state index in [9.17, 15) is 0 Å². The van der Waals surface area contributed by atoms with E-state index in [1.54, 1.807) is 11.3 Å². The summed E-state index contributed by atoms with van der Waals surface area (Å²) in [7, 11) is 0. The minimum absolute atomic E-state index is 0.506. The Morgan fingerprint density at radius 2 is 2.06 bits per heavy atom. The zero-order chi connectivity index (χ0) is 13.1. The highest BCUT2D eigenvalue weighted by Crippen LogP contribution is 2.34. The highest BCUT2D eigenvalue weighted by atomic mass is 32.1. The van der Waals surface area contributed by atoms with Crippen LogP contribution >= 0.6 is 11.3 Å². The van der Waals surface area contributed by atoms with Crippen molar-refractivity contribution < 1.29 is 0 Å². The number of benzene rings is 1.